The summed E-state index contributed by atoms with van der Waals surface area (Å²) in [5.74, 6) is 2.32. The molecule has 0 amide bonds. The predicted octanol–water partition coefficient (Wildman–Crippen LogP) is 3.62. The first-order valence-corrected chi connectivity index (χ1v) is 8.87. The number of benzene rings is 2. The van der Waals surface area contributed by atoms with Gasteiger partial charge in [0.05, 0.1) is 18.6 Å². The van der Waals surface area contributed by atoms with Crippen molar-refractivity contribution in [3.05, 3.63) is 66.8 Å². The molecule has 0 fully saturated rings. The van der Waals surface area contributed by atoms with Crippen molar-refractivity contribution < 1.29 is 9.15 Å². The van der Waals surface area contributed by atoms with Gasteiger partial charge in [-0.15, -0.1) is 20.4 Å². The van der Waals surface area contributed by atoms with Gasteiger partial charge in [-0.05, 0) is 24.3 Å². The maximum atomic E-state index is 5.73. The van der Waals surface area contributed by atoms with Crippen molar-refractivity contribution in [2.75, 3.05) is 7.11 Å². The van der Waals surface area contributed by atoms with Gasteiger partial charge in [-0.3, -0.25) is 4.57 Å². The summed E-state index contributed by atoms with van der Waals surface area (Å²) in [4.78, 5) is 0. The highest BCUT2D eigenvalue weighted by atomic mass is 32.2. The van der Waals surface area contributed by atoms with Crippen LogP contribution in [0.1, 0.15) is 5.89 Å². The fourth-order valence-corrected chi connectivity index (χ4v) is 3.16. The summed E-state index contributed by atoms with van der Waals surface area (Å²) < 4.78 is 12.9. The van der Waals surface area contributed by atoms with E-state index in [0.717, 1.165) is 22.2 Å². The molecule has 2 aromatic carbocycles. The quantitative estimate of drug-likeness (QED) is 0.483. The molecule has 0 radical (unpaired) electrons. The predicted molar refractivity (Wildman–Crippen MR) is 97.2 cm³/mol. The molecule has 0 aliphatic carbocycles. The Kier molecular flexibility index (Phi) is 4.65. The van der Waals surface area contributed by atoms with Crippen molar-refractivity contribution in [2.24, 2.45) is 0 Å². The first-order valence-electron chi connectivity index (χ1n) is 7.88. The Labute approximate surface area is 154 Å². The van der Waals surface area contributed by atoms with Crippen LogP contribution < -0.4 is 4.74 Å². The van der Waals surface area contributed by atoms with Gasteiger partial charge >= 0.3 is 0 Å². The van der Waals surface area contributed by atoms with E-state index in [-0.39, 0.29) is 0 Å². The third-order valence-electron chi connectivity index (χ3n) is 3.66. The molecule has 0 unspecified atom stereocenters. The topological polar surface area (TPSA) is 78.9 Å². The number of thioether (sulfide) groups is 1. The summed E-state index contributed by atoms with van der Waals surface area (Å²) >= 11 is 1.48. The number of nitrogens with zero attached hydrogens (tertiary/aromatic N) is 5. The molecule has 26 heavy (non-hydrogen) atoms. The second-order valence-electron chi connectivity index (χ2n) is 5.34. The smallest absolute Gasteiger partial charge is 0.247 e. The van der Waals surface area contributed by atoms with Gasteiger partial charge in [-0.25, -0.2) is 0 Å². The molecule has 0 saturated carbocycles. The minimum absolute atomic E-state index is 0.502. The second kappa shape index (κ2) is 7.40. The van der Waals surface area contributed by atoms with E-state index in [1.807, 2.05) is 59.2 Å². The van der Waals surface area contributed by atoms with Gasteiger partial charge in [0.1, 0.15) is 12.1 Å². The minimum Gasteiger partial charge on any atom is -0.497 e. The molecule has 0 spiro atoms. The second-order valence-corrected chi connectivity index (χ2v) is 6.28. The van der Waals surface area contributed by atoms with Crippen LogP contribution in [0, 0.1) is 0 Å². The Balaban J connectivity index is 1.49. The molecule has 0 aliphatic rings. The lowest BCUT2D eigenvalue weighted by atomic mass is 10.2. The molecule has 0 bridgehead atoms. The summed E-state index contributed by atoms with van der Waals surface area (Å²) in [7, 11) is 1.64. The molecule has 0 saturated heterocycles. The Morgan fingerprint density at radius 2 is 1.92 bits per heavy atom. The SMILES string of the molecule is COc1cccc(-n2cnnc2SCc2nnc(-c3ccccc3)o2)c1. The highest BCUT2D eigenvalue weighted by Crippen LogP contribution is 2.26. The van der Waals surface area contributed by atoms with E-state index in [2.05, 4.69) is 20.4 Å². The van der Waals surface area contributed by atoms with Gasteiger partial charge in [0.15, 0.2) is 5.16 Å². The normalized spacial score (nSPS) is 10.8. The first-order chi connectivity index (χ1) is 12.8. The van der Waals surface area contributed by atoms with Crippen LogP contribution in [0.3, 0.4) is 0 Å². The van der Waals surface area contributed by atoms with Crippen molar-refractivity contribution in [3.8, 4) is 22.9 Å². The van der Waals surface area contributed by atoms with Crippen LogP contribution in [-0.2, 0) is 5.75 Å². The molecule has 4 rings (SSSR count). The van der Waals surface area contributed by atoms with Crippen molar-refractivity contribution in [2.45, 2.75) is 10.9 Å². The molecule has 2 aromatic heterocycles. The Morgan fingerprint density at radius 1 is 1.04 bits per heavy atom. The maximum absolute atomic E-state index is 5.73. The molecular weight excluding hydrogens is 350 g/mol. The van der Waals surface area contributed by atoms with Crippen molar-refractivity contribution in [1.82, 2.24) is 25.0 Å². The zero-order valence-electron chi connectivity index (χ0n) is 13.9. The summed E-state index contributed by atoms with van der Waals surface area (Å²) in [6.07, 6.45) is 1.67. The van der Waals surface area contributed by atoms with E-state index in [9.17, 15) is 0 Å². The van der Waals surface area contributed by atoms with Crippen LogP contribution in [0.5, 0.6) is 5.75 Å². The molecule has 7 nitrogen and oxygen atoms in total. The maximum Gasteiger partial charge on any atom is 0.247 e. The third-order valence-corrected chi connectivity index (χ3v) is 4.59. The highest BCUT2D eigenvalue weighted by Gasteiger charge is 2.12. The lowest BCUT2D eigenvalue weighted by Crippen LogP contribution is -1.96. The average Bonchev–Trinajstić information content (AvgIpc) is 3.36. The van der Waals surface area contributed by atoms with Gasteiger partial charge in [-0.2, -0.15) is 0 Å². The summed E-state index contributed by atoms with van der Waals surface area (Å²) in [6.45, 7) is 0. The number of ether oxygens (including phenoxy) is 1. The van der Waals surface area contributed by atoms with E-state index in [1.165, 1.54) is 11.8 Å². The van der Waals surface area contributed by atoms with E-state index < -0.39 is 0 Å². The van der Waals surface area contributed by atoms with Crippen LogP contribution >= 0.6 is 11.8 Å². The molecule has 0 atom stereocenters. The van der Waals surface area contributed by atoms with Crippen LogP contribution in [0.25, 0.3) is 17.1 Å². The van der Waals surface area contributed by atoms with E-state index in [0.29, 0.717) is 17.5 Å². The third kappa shape index (κ3) is 3.45. The van der Waals surface area contributed by atoms with Gasteiger partial charge < -0.3 is 9.15 Å². The first kappa shape index (κ1) is 16.3. The lowest BCUT2D eigenvalue weighted by Gasteiger charge is -2.07. The fourth-order valence-electron chi connectivity index (χ4n) is 2.40. The van der Waals surface area contributed by atoms with Gasteiger partial charge in [-0.1, -0.05) is 36.0 Å². The zero-order valence-corrected chi connectivity index (χ0v) is 14.8. The molecule has 130 valence electrons. The fraction of sp³-hybridized carbons (Fsp3) is 0.111. The summed E-state index contributed by atoms with van der Waals surface area (Å²) in [5.41, 5.74) is 1.82. The number of rotatable bonds is 6. The average molecular weight is 365 g/mol. The largest absolute Gasteiger partial charge is 0.497 e. The van der Waals surface area contributed by atoms with Crippen molar-refractivity contribution in [1.29, 1.82) is 0 Å². The van der Waals surface area contributed by atoms with Gasteiger partial charge in [0.25, 0.3) is 0 Å². The highest BCUT2D eigenvalue weighted by molar-refractivity contribution is 7.98. The van der Waals surface area contributed by atoms with Crippen LogP contribution in [0.4, 0.5) is 0 Å². The zero-order chi connectivity index (χ0) is 17.8. The Morgan fingerprint density at radius 3 is 2.77 bits per heavy atom. The van der Waals surface area contributed by atoms with Crippen LogP contribution in [0.15, 0.2) is 70.5 Å². The van der Waals surface area contributed by atoms with E-state index >= 15 is 0 Å². The van der Waals surface area contributed by atoms with Gasteiger partial charge in [0.2, 0.25) is 11.8 Å². The van der Waals surface area contributed by atoms with Crippen LogP contribution in [-0.4, -0.2) is 32.1 Å². The van der Waals surface area contributed by atoms with Crippen molar-refractivity contribution >= 4 is 11.8 Å². The van der Waals surface area contributed by atoms with E-state index in [1.54, 1.807) is 13.4 Å². The Hall–Kier alpha value is -3.13. The standard InChI is InChI=1S/C18H15N5O2S/c1-24-15-9-5-8-14(10-15)23-12-19-22-18(23)26-11-16-20-21-17(25-16)13-6-3-2-4-7-13/h2-10,12H,11H2,1H3. The number of hydrogen-bond acceptors (Lipinski definition) is 7. The van der Waals surface area contributed by atoms with Gasteiger partial charge in [0, 0.05) is 11.6 Å². The van der Waals surface area contributed by atoms with Crippen molar-refractivity contribution in [3.63, 3.8) is 0 Å². The monoisotopic (exact) mass is 365 g/mol. The summed E-state index contributed by atoms with van der Waals surface area (Å²) in [5, 5.41) is 17.1. The molecule has 8 heteroatoms. The van der Waals surface area contributed by atoms with E-state index in [4.69, 9.17) is 9.15 Å². The molecule has 0 N–H and O–H groups in total. The number of hydrogen-bond donors (Lipinski definition) is 0. The minimum atomic E-state index is 0.502. The van der Waals surface area contributed by atoms with Crippen LogP contribution in [0.2, 0.25) is 0 Å². The number of aromatic nitrogens is 5. The lowest BCUT2D eigenvalue weighted by molar-refractivity contribution is 0.414. The Bertz CT molecular complexity index is 1000. The molecular formula is C18H15N5O2S. The molecule has 0 aliphatic heterocycles. The molecule has 2 heterocycles. The molecule has 4 aromatic rings. The summed E-state index contributed by atoms with van der Waals surface area (Å²) in [6, 6.07) is 17.4. The number of methoxy groups -OCH3 is 1.